The molecule has 2 N–H and O–H groups in total. The molecule has 0 amide bonds. The fourth-order valence-corrected chi connectivity index (χ4v) is 1.05. The highest BCUT2D eigenvalue weighted by molar-refractivity contribution is 7.80. The molecule has 0 aliphatic heterocycles. The highest BCUT2D eigenvalue weighted by atomic mass is 32.1. The van der Waals surface area contributed by atoms with Gasteiger partial charge in [-0.1, -0.05) is 6.92 Å². The third-order valence-corrected chi connectivity index (χ3v) is 2.25. The zero-order valence-electron chi connectivity index (χ0n) is 9.15. The Bertz CT molecular complexity index is 267. The minimum atomic E-state index is 0.487. The van der Waals surface area contributed by atoms with Crippen LogP contribution in [0, 0.1) is 0 Å². The van der Waals surface area contributed by atoms with Gasteiger partial charge >= 0.3 is 0 Å². The molecule has 0 atom stereocenters. The smallest absolute Gasteiger partial charge is 0.119 e. The summed E-state index contributed by atoms with van der Waals surface area (Å²) in [6, 6.07) is 7.81. The van der Waals surface area contributed by atoms with E-state index in [2.05, 4.69) is 19.6 Å². The van der Waals surface area contributed by atoms with Crippen LogP contribution in [0.3, 0.4) is 0 Å². The van der Waals surface area contributed by atoms with Crippen molar-refractivity contribution in [2.75, 3.05) is 6.54 Å². The van der Waals surface area contributed by atoms with Crippen LogP contribution in [0.5, 0.6) is 5.75 Å². The Morgan fingerprint density at radius 3 is 2.27 bits per heavy atom. The summed E-state index contributed by atoms with van der Waals surface area (Å²) in [5, 5.41) is 0. The predicted octanol–water partition coefficient (Wildman–Crippen LogP) is 2.87. The van der Waals surface area contributed by atoms with Crippen molar-refractivity contribution in [3.8, 4) is 5.75 Å². The van der Waals surface area contributed by atoms with Crippen LogP contribution < -0.4 is 10.5 Å². The van der Waals surface area contributed by atoms with E-state index in [0.29, 0.717) is 6.10 Å². The Balaban J connectivity index is 0.000000245. The predicted molar refractivity (Wildman–Crippen MR) is 66.7 cm³/mol. The molecule has 0 spiro atoms. The topological polar surface area (TPSA) is 35.2 Å². The molecule has 2 nitrogen and oxygen atoms in total. The molecule has 0 radical (unpaired) electrons. The zero-order chi connectivity index (χ0) is 11.1. The number of rotatable bonds is 3. The molecule has 84 valence electrons. The molecule has 1 aromatic carbocycles. The van der Waals surface area contributed by atoms with E-state index in [1.807, 2.05) is 24.3 Å². The van der Waals surface area contributed by atoms with Crippen molar-refractivity contribution in [3.05, 3.63) is 24.3 Å². The van der Waals surface area contributed by atoms with Gasteiger partial charge in [-0.15, -0.1) is 12.6 Å². The van der Waals surface area contributed by atoms with Crippen LogP contribution in [0.25, 0.3) is 0 Å². The lowest BCUT2D eigenvalue weighted by Gasteiger charge is -2.02. The summed E-state index contributed by atoms with van der Waals surface area (Å²) >= 11 is 4.18. The molecule has 0 unspecified atom stereocenters. The van der Waals surface area contributed by atoms with Crippen LogP contribution in [0.15, 0.2) is 29.2 Å². The minimum Gasteiger partial charge on any atom is -0.490 e. The number of nitrogens with two attached hydrogens (primary N) is 1. The molecule has 0 saturated heterocycles. The minimum absolute atomic E-state index is 0.487. The number of ether oxygens (including phenoxy) is 1. The van der Waals surface area contributed by atoms with E-state index in [4.69, 9.17) is 10.5 Å². The number of benzene rings is 1. The van der Waals surface area contributed by atoms with Crippen LogP contribution in [0.1, 0.15) is 26.2 Å². The molecular weight excluding hydrogens is 206 g/mol. The van der Waals surface area contributed by atoms with E-state index in [9.17, 15) is 0 Å². The Labute approximate surface area is 97.2 Å². The average Bonchev–Trinajstić information content (AvgIpc) is 3.06. The van der Waals surface area contributed by atoms with Crippen LogP contribution in [-0.2, 0) is 0 Å². The second-order valence-corrected chi connectivity index (χ2v) is 4.12. The Kier molecular flexibility index (Phi) is 5.58. The molecule has 0 aromatic heterocycles. The van der Waals surface area contributed by atoms with Gasteiger partial charge in [0.25, 0.3) is 0 Å². The van der Waals surface area contributed by atoms with E-state index in [0.717, 1.165) is 23.6 Å². The van der Waals surface area contributed by atoms with E-state index in [1.54, 1.807) is 0 Å². The Hall–Kier alpha value is -0.670. The van der Waals surface area contributed by atoms with Crippen LogP contribution in [0.2, 0.25) is 0 Å². The summed E-state index contributed by atoms with van der Waals surface area (Å²) in [6.07, 6.45) is 4.01. The summed E-state index contributed by atoms with van der Waals surface area (Å²) in [4.78, 5) is 0.980. The van der Waals surface area contributed by atoms with Gasteiger partial charge in [0.15, 0.2) is 0 Å². The molecule has 15 heavy (non-hydrogen) atoms. The maximum atomic E-state index is 5.55. The summed E-state index contributed by atoms with van der Waals surface area (Å²) in [7, 11) is 0. The highest BCUT2D eigenvalue weighted by Crippen LogP contribution is 2.26. The van der Waals surface area contributed by atoms with Crippen LogP contribution in [0.4, 0.5) is 0 Å². The van der Waals surface area contributed by atoms with Gasteiger partial charge < -0.3 is 10.5 Å². The molecule has 2 rings (SSSR count). The molecular formula is C12H19NOS. The van der Waals surface area contributed by atoms with Crippen molar-refractivity contribution in [1.29, 1.82) is 0 Å². The second kappa shape index (κ2) is 6.75. The fraction of sp³-hybridized carbons (Fsp3) is 0.500. The summed E-state index contributed by atoms with van der Waals surface area (Å²) in [6.45, 7) is 2.88. The molecule has 1 aromatic rings. The first-order chi connectivity index (χ1) is 7.26. The van der Waals surface area contributed by atoms with Gasteiger partial charge in [0.1, 0.15) is 5.75 Å². The molecule has 0 bridgehead atoms. The third kappa shape index (κ3) is 5.70. The van der Waals surface area contributed by atoms with Crippen molar-refractivity contribution in [2.24, 2.45) is 5.73 Å². The van der Waals surface area contributed by atoms with E-state index < -0.39 is 0 Å². The zero-order valence-corrected chi connectivity index (χ0v) is 10.0. The van der Waals surface area contributed by atoms with Crippen LogP contribution in [-0.4, -0.2) is 12.6 Å². The van der Waals surface area contributed by atoms with Crippen molar-refractivity contribution in [3.63, 3.8) is 0 Å². The first-order valence-corrected chi connectivity index (χ1v) is 5.86. The van der Waals surface area contributed by atoms with Crippen molar-refractivity contribution in [1.82, 2.24) is 0 Å². The SMILES string of the molecule is CCCN.Sc1ccc(OC2CC2)cc1. The molecule has 1 saturated carbocycles. The normalized spacial score (nSPS) is 14.1. The molecule has 1 fully saturated rings. The number of hydrogen-bond acceptors (Lipinski definition) is 3. The summed E-state index contributed by atoms with van der Waals surface area (Å²) < 4.78 is 5.55. The van der Waals surface area contributed by atoms with Crippen LogP contribution >= 0.6 is 12.6 Å². The lowest BCUT2D eigenvalue weighted by atomic mass is 10.3. The van der Waals surface area contributed by atoms with Crippen molar-refractivity contribution in [2.45, 2.75) is 37.2 Å². The van der Waals surface area contributed by atoms with Gasteiger partial charge in [-0.05, 0) is 50.1 Å². The molecule has 0 heterocycles. The van der Waals surface area contributed by atoms with Gasteiger partial charge in [0.2, 0.25) is 0 Å². The van der Waals surface area contributed by atoms with E-state index >= 15 is 0 Å². The van der Waals surface area contributed by atoms with E-state index in [-0.39, 0.29) is 0 Å². The largest absolute Gasteiger partial charge is 0.490 e. The second-order valence-electron chi connectivity index (χ2n) is 3.60. The number of hydrogen-bond donors (Lipinski definition) is 2. The fourth-order valence-electron chi connectivity index (χ4n) is 0.903. The lowest BCUT2D eigenvalue weighted by molar-refractivity contribution is 0.303. The first kappa shape index (κ1) is 12.4. The standard InChI is InChI=1S/C9H10OS.C3H9N/c11-9-5-3-8(4-6-9)10-7-1-2-7;1-2-3-4/h3-7,11H,1-2H2;2-4H2,1H3. The third-order valence-electron chi connectivity index (χ3n) is 1.95. The van der Waals surface area contributed by atoms with Crippen molar-refractivity contribution < 1.29 is 4.74 Å². The Morgan fingerprint density at radius 2 is 1.87 bits per heavy atom. The molecule has 1 aliphatic rings. The summed E-state index contributed by atoms with van der Waals surface area (Å²) in [5.41, 5.74) is 5.03. The monoisotopic (exact) mass is 225 g/mol. The van der Waals surface area contributed by atoms with Gasteiger partial charge in [-0.2, -0.15) is 0 Å². The first-order valence-electron chi connectivity index (χ1n) is 5.42. The quantitative estimate of drug-likeness (QED) is 0.776. The van der Waals surface area contributed by atoms with Crippen molar-refractivity contribution >= 4 is 12.6 Å². The molecule has 3 heteroatoms. The van der Waals surface area contributed by atoms with E-state index in [1.165, 1.54) is 12.8 Å². The van der Waals surface area contributed by atoms with Gasteiger partial charge in [0.05, 0.1) is 6.10 Å². The average molecular weight is 225 g/mol. The highest BCUT2D eigenvalue weighted by Gasteiger charge is 2.23. The molecule has 1 aliphatic carbocycles. The maximum Gasteiger partial charge on any atom is 0.119 e. The maximum absolute atomic E-state index is 5.55. The number of thiol groups is 1. The van der Waals surface area contributed by atoms with Gasteiger partial charge in [-0.25, -0.2) is 0 Å². The van der Waals surface area contributed by atoms with Gasteiger partial charge in [-0.3, -0.25) is 0 Å². The van der Waals surface area contributed by atoms with Gasteiger partial charge in [0, 0.05) is 4.90 Å². The lowest BCUT2D eigenvalue weighted by Crippen LogP contribution is -1.94. The Morgan fingerprint density at radius 1 is 1.33 bits per heavy atom. The summed E-state index contributed by atoms with van der Waals surface area (Å²) in [5.74, 6) is 0.963.